The quantitative estimate of drug-likeness (QED) is 0.414. The molecule has 0 saturated carbocycles. The average molecular weight is 559 g/mol. The summed E-state index contributed by atoms with van der Waals surface area (Å²) in [5.74, 6) is -0.610. The van der Waals surface area contributed by atoms with Crippen LogP contribution in [-0.4, -0.2) is 56.6 Å². The fraction of sp³-hybridized carbons (Fsp3) is 0.440. The lowest BCUT2D eigenvalue weighted by molar-refractivity contribution is -0.139. The molecule has 8 nitrogen and oxygen atoms in total. The number of halogens is 2. The first kappa shape index (κ1) is 29.7. The number of nitrogens with one attached hydrogen (secondary N) is 1. The third-order valence-electron chi connectivity index (χ3n) is 5.64. The second kappa shape index (κ2) is 13.2. The molecule has 0 fully saturated rings. The van der Waals surface area contributed by atoms with Gasteiger partial charge in [-0.2, -0.15) is 0 Å². The van der Waals surface area contributed by atoms with Gasteiger partial charge in [-0.1, -0.05) is 48.3 Å². The zero-order valence-corrected chi connectivity index (χ0v) is 23.5. The van der Waals surface area contributed by atoms with E-state index in [9.17, 15) is 18.0 Å². The second-order valence-electron chi connectivity index (χ2n) is 8.42. The van der Waals surface area contributed by atoms with E-state index in [1.54, 1.807) is 56.3 Å². The number of carbonyl (C=O) groups is 2. The molecular formula is C25H33Cl2N3O5S. The summed E-state index contributed by atoms with van der Waals surface area (Å²) < 4.78 is 32.1. The second-order valence-corrected chi connectivity index (χ2v) is 11.2. The minimum atomic E-state index is -3.88. The molecule has 0 bridgehead atoms. The van der Waals surface area contributed by atoms with Crippen LogP contribution in [0, 0.1) is 0 Å². The van der Waals surface area contributed by atoms with Crippen LogP contribution in [0.25, 0.3) is 0 Å². The Bertz CT molecular complexity index is 1180. The summed E-state index contributed by atoms with van der Waals surface area (Å²) in [4.78, 5) is 27.9. The zero-order chi connectivity index (χ0) is 27.0. The molecule has 2 amide bonds. The molecule has 2 rings (SSSR count). The number of amides is 2. The Labute approximate surface area is 223 Å². The van der Waals surface area contributed by atoms with Crippen molar-refractivity contribution in [2.45, 2.75) is 52.7 Å². The van der Waals surface area contributed by atoms with Gasteiger partial charge in [0.2, 0.25) is 21.8 Å². The molecule has 2 aromatic rings. The number of ether oxygens (including phenoxy) is 1. The van der Waals surface area contributed by atoms with Crippen molar-refractivity contribution < 1.29 is 22.7 Å². The van der Waals surface area contributed by atoms with Gasteiger partial charge in [-0.15, -0.1) is 0 Å². The highest BCUT2D eigenvalue weighted by Gasteiger charge is 2.31. The number of sulfonamides is 1. The monoisotopic (exact) mass is 557 g/mol. The van der Waals surface area contributed by atoms with Gasteiger partial charge < -0.3 is 15.0 Å². The topological polar surface area (TPSA) is 96.0 Å². The maximum atomic E-state index is 13.7. The molecular weight excluding hydrogens is 525 g/mol. The number of nitrogens with zero attached hydrogens (tertiary/aromatic N) is 2. The van der Waals surface area contributed by atoms with E-state index >= 15 is 0 Å². The molecule has 0 saturated heterocycles. The van der Waals surface area contributed by atoms with Gasteiger partial charge in [-0.05, 0) is 57.0 Å². The normalized spacial score (nSPS) is 13.0. The van der Waals surface area contributed by atoms with E-state index in [0.717, 1.165) is 10.6 Å². The summed E-state index contributed by atoms with van der Waals surface area (Å²) in [5, 5.41) is 3.64. The number of anilines is 1. The van der Waals surface area contributed by atoms with Gasteiger partial charge in [0.25, 0.3) is 0 Å². The van der Waals surface area contributed by atoms with Crippen LogP contribution in [0.2, 0.25) is 10.0 Å². The largest absolute Gasteiger partial charge is 0.492 e. The standard InChI is InChI=1S/C25H33Cl2N3O5S/c1-6-17(3)28-25(32)18(4)29(15-19-12-13-20(26)14-21(19)27)24(31)16-30(36(5,33)34)22-10-8-9-11-23(22)35-7-2/h8-14,17-18H,6-7,15-16H2,1-5H3,(H,28,32)/t17-,18-/m0/s1. The molecule has 36 heavy (non-hydrogen) atoms. The molecule has 0 aliphatic rings. The van der Waals surface area contributed by atoms with Gasteiger partial charge in [-0.3, -0.25) is 13.9 Å². The maximum Gasteiger partial charge on any atom is 0.244 e. The molecule has 1 N–H and O–H groups in total. The highest BCUT2D eigenvalue weighted by Crippen LogP contribution is 2.30. The van der Waals surface area contributed by atoms with Crippen LogP contribution in [0.5, 0.6) is 5.75 Å². The van der Waals surface area contributed by atoms with Crippen molar-refractivity contribution in [2.24, 2.45) is 0 Å². The van der Waals surface area contributed by atoms with Crippen LogP contribution in [0.1, 0.15) is 39.7 Å². The molecule has 0 aliphatic heterocycles. The lowest BCUT2D eigenvalue weighted by Crippen LogP contribution is -2.52. The lowest BCUT2D eigenvalue weighted by atomic mass is 10.1. The van der Waals surface area contributed by atoms with Crippen LogP contribution < -0.4 is 14.4 Å². The number of hydrogen-bond acceptors (Lipinski definition) is 5. The predicted octanol–water partition coefficient (Wildman–Crippen LogP) is 4.49. The lowest BCUT2D eigenvalue weighted by Gasteiger charge is -2.32. The first-order valence-electron chi connectivity index (χ1n) is 11.6. The van der Waals surface area contributed by atoms with E-state index in [1.807, 2.05) is 13.8 Å². The number of hydrogen-bond donors (Lipinski definition) is 1. The SMILES string of the molecule is CCOc1ccccc1N(CC(=O)N(Cc1ccc(Cl)cc1Cl)[C@@H](C)C(=O)N[C@@H](C)CC)S(C)(=O)=O. The first-order chi connectivity index (χ1) is 16.9. The van der Waals surface area contributed by atoms with Crippen molar-refractivity contribution in [3.8, 4) is 5.75 Å². The van der Waals surface area contributed by atoms with E-state index in [2.05, 4.69) is 5.32 Å². The summed E-state index contributed by atoms with van der Waals surface area (Å²) in [5.41, 5.74) is 0.801. The highest BCUT2D eigenvalue weighted by molar-refractivity contribution is 7.92. The fourth-order valence-electron chi connectivity index (χ4n) is 3.42. The van der Waals surface area contributed by atoms with Crippen LogP contribution in [0.15, 0.2) is 42.5 Å². The Kier molecular flexibility index (Phi) is 10.9. The Morgan fingerprint density at radius 1 is 1.08 bits per heavy atom. The van der Waals surface area contributed by atoms with Gasteiger partial charge in [0, 0.05) is 22.6 Å². The van der Waals surface area contributed by atoms with Gasteiger partial charge in [0.15, 0.2) is 0 Å². The third-order valence-corrected chi connectivity index (χ3v) is 7.35. The van der Waals surface area contributed by atoms with Crippen molar-refractivity contribution in [2.75, 3.05) is 23.7 Å². The smallest absolute Gasteiger partial charge is 0.244 e. The van der Waals surface area contributed by atoms with Gasteiger partial charge in [0.1, 0.15) is 18.3 Å². The molecule has 0 aromatic heterocycles. The first-order valence-corrected chi connectivity index (χ1v) is 14.2. The van der Waals surface area contributed by atoms with E-state index in [1.165, 1.54) is 4.90 Å². The van der Waals surface area contributed by atoms with E-state index in [-0.39, 0.29) is 24.2 Å². The van der Waals surface area contributed by atoms with E-state index in [4.69, 9.17) is 27.9 Å². The fourth-order valence-corrected chi connectivity index (χ4v) is 4.74. The Morgan fingerprint density at radius 2 is 1.75 bits per heavy atom. The minimum absolute atomic E-state index is 0.0192. The summed E-state index contributed by atoms with van der Waals surface area (Å²) >= 11 is 12.4. The van der Waals surface area contributed by atoms with Crippen molar-refractivity contribution in [3.05, 3.63) is 58.1 Å². The number of rotatable bonds is 12. The Morgan fingerprint density at radius 3 is 2.33 bits per heavy atom. The Balaban J connectivity index is 2.47. The van der Waals surface area contributed by atoms with Crippen molar-refractivity contribution in [1.82, 2.24) is 10.2 Å². The van der Waals surface area contributed by atoms with Gasteiger partial charge in [0.05, 0.1) is 18.6 Å². The van der Waals surface area contributed by atoms with Crippen LogP contribution in [-0.2, 0) is 26.2 Å². The molecule has 198 valence electrons. The minimum Gasteiger partial charge on any atom is -0.492 e. The van der Waals surface area contributed by atoms with Crippen LogP contribution >= 0.6 is 23.2 Å². The third kappa shape index (κ3) is 8.01. The molecule has 0 radical (unpaired) electrons. The predicted molar refractivity (Wildman–Crippen MR) is 144 cm³/mol. The number of para-hydroxylation sites is 2. The maximum absolute atomic E-state index is 13.7. The zero-order valence-electron chi connectivity index (χ0n) is 21.1. The van der Waals surface area contributed by atoms with Gasteiger partial charge in [-0.25, -0.2) is 8.42 Å². The van der Waals surface area contributed by atoms with E-state index in [0.29, 0.717) is 34.4 Å². The molecule has 0 heterocycles. The van der Waals surface area contributed by atoms with Crippen molar-refractivity contribution >= 4 is 50.7 Å². The summed E-state index contributed by atoms with van der Waals surface area (Å²) in [6.07, 6.45) is 1.73. The highest BCUT2D eigenvalue weighted by atomic mass is 35.5. The molecule has 0 spiro atoms. The molecule has 0 unspecified atom stereocenters. The molecule has 11 heteroatoms. The summed E-state index contributed by atoms with van der Waals surface area (Å²) in [7, 11) is -3.88. The molecule has 2 aromatic carbocycles. The van der Waals surface area contributed by atoms with Crippen LogP contribution in [0.4, 0.5) is 5.69 Å². The summed E-state index contributed by atoms with van der Waals surface area (Å²) in [6.45, 7) is 6.94. The van der Waals surface area contributed by atoms with Crippen molar-refractivity contribution in [1.29, 1.82) is 0 Å². The summed E-state index contributed by atoms with van der Waals surface area (Å²) in [6, 6.07) is 10.4. The average Bonchev–Trinajstić information content (AvgIpc) is 2.81. The number of carbonyl (C=O) groups excluding carboxylic acids is 2. The van der Waals surface area contributed by atoms with Gasteiger partial charge >= 0.3 is 0 Å². The van der Waals surface area contributed by atoms with Crippen LogP contribution in [0.3, 0.4) is 0 Å². The molecule has 0 aliphatic carbocycles. The number of benzene rings is 2. The Hall–Kier alpha value is -2.49. The van der Waals surface area contributed by atoms with Crippen molar-refractivity contribution in [3.63, 3.8) is 0 Å². The molecule has 2 atom stereocenters. The van der Waals surface area contributed by atoms with E-state index < -0.39 is 28.5 Å².